The Morgan fingerprint density at radius 1 is 0.794 bits per heavy atom. The van der Waals surface area contributed by atoms with Crippen LogP contribution in [0.2, 0.25) is 0 Å². The Hall–Kier alpha value is -0.240. The Labute approximate surface area is 204 Å². The molecule has 0 amide bonds. The molecule has 1 spiro atoms. The first-order chi connectivity index (χ1) is 15.7. The molecule has 14 atom stereocenters. The first-order valence-electron chi connectivity index (χ1n) is 13.8. The molecule has 0 bridgehead atoms. The van der Waals surface area contributed by atoms with Crippen molar-refractivity contribution in [1.82, 2.24) is 0 Å². The van der Waals surface area contributed by atoms with Gasteiger partial charge in [-0.2, -0.15) is 0 Å². The molecule has 0 aromatic carbocycles. The molecule has 4 N–H and O–H groups in total. The van der Waals surface area contributed by atoms with Crippen molar-refractivity contribution < 1.29 is 29.9 Å². The van der Waals surface area contributed by atoms with E-state index in [1.165, 1.54) is 0 Å². The predicted octanol–water partition coefficient (Wildman–Crippen LogP) is 3.24. The summed E-state index contributed by atoms with van der Waals surface area (Å²) in [4.78, 5) is 0. The summed E-state index contributed by atoms with van der Waals surface area (Å²) in [5.74, 6) is 0.397. The topological polar surface area (TPSA) is 99.4 Å². The van der Waals surface area contributed by atoms with Crippen LogP contribution in [0.25, 0.3) is 0 Å². The van der Waals surface area contributed by atoms with Crippen molar-refractivity contribution in [2.45, 2.75) is 128 Å². The van der Waals surface area contributed by atoms with Gasteiger partial charge in [0.2, 0.25) is 0 Å². The van der Waals surface area contributed by atoms with Crippen LogP contribution in [0.1, 0.15) is 86.5 Å². The molecule has 6 heteroatoms. The molecule has 2 heterocycles. The second kappa shape index (κ2) is 6.99. The molecule has 2 aliphatic heterocycles. The van der Waals surface area contributed by atoms with E-state index in [1.807, 2.05) is 6.92 Å². The molecule has 2 saturated heterocycles. The van der Waals surface area contributed by atoms with Crippen molar-refractivity contribution in [2.24, 2.45) is 46.3 Å². The van der Waals surface area contributed by atoms with Gasteiger partial charge in [-0.05, 0) is 99.7 Å². The van der Waals surface area contributed by atoms with Crippen molar-refractivity contribution in [2.75, 3.05) is 0 Å². The molecule has 4 saturated carbocycles. The molecule has 4 unspecified atom stereocenters. The summed E-state index contributed by atoms with van der Waals surface area (Å²) in [6, 6.07) is 0. The Morgan fingerprint density at radius 2 is 1.47 bits per heavy atom. The smallest absolute Gasteiger partial charge is 0.198 e. The highest BCUT2D eigenvalue weighted by Gasteiger charge is 2.77. The van der Waals surface area contributed by atoms with Crippen molar-refractivity contribution >= 4 is 0 Å². The van der Waals surface area contributed by atoms with Gasteiger partial charge in [0.25, 0.3) is 0 Å². The lowest BCUT2D eigenvalue weighted by Gasteiger charge is -2.63. The van der Waals surface area contributed by atoms with Gasteiger partial charge in [-0.3, -0.25) is 0 Å². The fourth-order valence-corrected chi connectivity index (χ4v) is 10.7. The fraction of sp³-hybridized carbons (Fsp3) is 1.00. The summed E-state index contributed by atoms with van der Waals surface area (Å²) in [5.41, 5.74) is -1.87. The molecule has 6 fully saturated rings. The molecular weight excluding hydrogens is 432 g/mol. The quantitative estimate of drug-likeness (QED) is 0.427. The van der Waals surface area contributed by atoms with E-state index in [9.17, 15) is 20.4 Å². The molecular formula is C28H46O6. The van der Waals surface area contributed by atoms with Crippen molar-refractivity contribution in [1.29, 1.82) is 0 Å². The largest absolute Gasteiger partial charge is 0.393 e. The number of fused-ring (bicyclic) bond motifs is 7. The zero-order chi connectivity index (χ0) is 24.6. The lowest BCUT2D eigenvalue weighted by molar-refractivity contribution is -0.300. The van der Waals surface area contributed by atoms with E-state index in [-0.39, 0.29) is 40.3 Å². The SMILES string of the molecule is C[C@H]1C[C@]2(O[C@H]3CC4C5CCC6C[C@H](O)[C@H](O)C[C@]6(C)C5[C@@H](O)C[C@]4(C)[C@H]3[C@@]2(C)O)OC1(C)C. The molecule has 6 nitrogen and oxygen atoms in total. The first kappa shape index (κ1) is 24.1. The number of ether oxygens (including phenoxy) is 2. The van der Waals surface area contributed by atoms with E-state index in [4.69, 9.17) is 9.47 Å². The maximum Gasteiger partial charge on any atom is 0.198 e. The van der Waals surface area contributed by atoms with Crippen molar-refractivity contribution in [3.8, 4) is 0 Å². The van der Waals surface area contributed by atoms with E-state index in [0.717, 1.165) is 19.3 Å². The number of aliphatic hydroxyl groups excluding tert-OH is 3. The predicted molar refractivity (Wildman–Crippen MR) is 127 cm³/mol. The van der Waals surface area contributed by atoms with Gasteiger partial charge in [0.1, 0.15) is 5.60 Å². The Morgan fingerprint density at radius 3 is 2.12 bits per heavy atom. The van der Waals surface area contributed by atoms with Crippen LogP contribution in [0.3, 0.4) is 0 Å². The molecule has 0 aromatic rings. The standard InChI is InChI=1S/C28H46O6/c1-14-11-28(34-24(14,2)3)27(6,32)23-21(33-28)10-17-16-8-7-15-9-18(29)19(30)12-25(15,4)22(16)20(31)13-26(17,23)5/h14-23,29-32H,7-13H2,1-6H3/t14-,15?,16?,17?,18-,19+,20-,21-,22?,23-,25-,26-,27+,28-/m0/s1. The average Bonchev–Trinajstić information content (AvgIpc) is 3.20. The summed E-state index contributed by atoms with van der Waals surface area (Å²) < 4.78 is 13.3. The third-order valence-electron chi connectivity index (χ3n) is 12.5. The summed E-state index contributed by atoms with van der Waals surface area (Å²) in [6.45, 7) is 12.8. The van der Waals surface area contributed by atoms with Crippen LogP contribution >= 0.6 is 0 Å². The van der Waals surface area contributed by atoms with Gasteiger partial charge in [0.15, 0.2) is 5.79 Å². The van der Waals surface area contributed by atoms with E-state index < -0.39 is 29.7 Å². The minimum absolute atomic E-state index is 0.0682. The number of hydrogen-bond donors (Lipinski definition) is 4. The van der Waals surface area contributed by atoms with Crippen LogP contribution in [-0.2, 0) is 9.47 Å². The zero-order valence-corrected chi connectivity index (χ0v) is 21.8. The maximum absolute atomic E-state index is 12.2. The highest BCUT2D eigenvalue weighted by Crippen LogP contribution is 2.72. The lowest BCUT2D eigenvalue weighted by Crippen LogP contribution is -2.63. The van der Waals surface area contributed by atoms with Gasteiger partial charge in [0.05, 0.1) is 30.0 Å². The van der Waals surface area contributed by atoms with Crippen LogP contribution in [-0.4, -0.2) is 61.8 Å². The minimum atomic E-state index is -1.12. The molecule has 34 heavy (non-hydrogen) atoms. The van der Waals surface area contributed by atoms with Crippen molar-refractivity contribution in [3.05, 3.63) is 0 Å². The van der Waals surface area contributed by atoms with Crippen LogP contribution in [0.5, 0.6) is 0 Å². The van der Waals surface area contributed by atoms with Crippen LogP contribution < -0.4 is 0 Å². The van der Waals surface area contributed by atoms with E-state index in [0.29, 0.717) is 43.4 Å². The van der Waals surface area contributed by atoms with Crippen LogP contribution in [0.4, 0.5) is 0 Å². The second-order valence-corrected chi connectivity index (χ2v) is 14.5. The average molecular weight is 479 g/mol. The first-order valence-corrected chi connectivity index (χ1v) is 13.8. The fourth-order valence-electron chi connectivity index (χ4n) is 10.7. The highest BCUT2D eigenvalue weighted by atomic mass is 16.7. The van der Waals surface area contributed by atoms with E-state index in [2.05, 4.69) is 34.6 Å². The minimum Gasteiger partial charge on any atom is -0.393 e. The van der Waals surface area contributed by atoms with Gasteiger partial charge < -0.3 is 29.9 Å². The van der Waals surface area contributed by atoms with Gasteiger partial charge in [-0.15, -0.1) is 0 Å². The van der Waals surface area contributed by atoms with E-state index >= 15 is 0 Å². The van der Waals surface area contributed by atoms with Gasteiger partial charge in [0, 0.05) is 12.3 Å². The lowest BCUT2D eigenvalue weighted by atomic mass is 9.43. The van der Waals surface area contributed by atoms with Gasteiger partial charge in [-0.25, -0.2) is 0 Å². The van der Waals surface area contributed by atoms with Crippen LogP contribution in [0.15, 0.2) is 0 Å². The molecule has 6 aliphatic rings. The Kier molecular flexibility index (Phi) is 4.96. The number of rotatable bonds is 0. The van der Waals surface area contributed by atoms with Crippen molar-refractivity contribution in [3.63, 3.8) is 0 Å². The van der Waals surface area contributed by atoms with Gasteiger partial charge >= 0.3 is 0 Å². The third-order valence-corrected chi connectivity index (χ3v) is 12.5. The molecule has 6 rings (SSSR count). The Bertz CT molecular complexity index is 858. The van der Waals surface area contributed by atoms with Crippen LogP contribution in [0, 0.1) is 46.3 Å². The second-order valence-electron chi connectivity index (χ2n) is 14.5. The number of aliphatic hydroxyl groups is 4. The summed E-state index contributed by atoms with van der Waals surface area (Å²) >= 11 is 0. The number of hydrogen-bond acceptors (Lipinski definition) is 6. The molecule has 4 aliphatic carbocycles. The normalized spacial score (nSPS) is 64.4. The Balaban J connectivity index is 1.34. The molecule has 0 radical (unpaired) electrons. The summed E-state index contributed by atoms with van der Waals surface area (Å²) in [6.07, 6.45) is 3.60. The summed E-state index contributed by atoms with van der Waals surface area (Å²) in [5, 5.41) is 44.8. The molecule has 0 aromatic heterocycles. The van der Waals surface area contributed by atoms with E-state index in [1.54, 1.807) is 0 Å². The summed E-state index contributed by atoms with van der Waals surface area (Å²) in [7, 11) is 0. The molecule has 194 valence electrons. The maximum atomic E-state index is 12.2. The monoisotopic (exact) mass is 478 g/mol. The zero-order valence-electron chi connectivity index (χ0n) is 21.8. The highest BCUT2D eigenvalue weighted by molar-refractivity contribution is 5.22. The van der Waals surface area contributed by atoms with Gasteiger partial charge in [-0.1, -0.05) is 20.8 Å². The third kappa shape index (κ3) is 2.79.